The van der Waals surface area contributed by atoms with Crippen molar-refractivity contribution in [1.29, 1.82) is 0 Å². The summed E-state index contributed by atoms with van der Waals surface area (Å²) in [6, 6.07) is 17.0. The van der Waals surface area contributed by atoms with Crippen molar-refractivity contribution in [2.75, 3.05) is 6.54 Å². The van der Waals surface area contributed by atoms with E-state index in [1.165, 1.54) is 16.7 Å². The van der Waals surface area contributed by atoms with Gasteiger partial charge in [-0.2, -0.15) is 0 Å². The van der Waals surface area contributed by atoms with E-state index in [1.807, 2.05) is 30.3 Å². The minimum absolute atomic E-state index is 0.438. The van der Waals surface area contributed by atoms with Gasteiger partial charge >= 0.3 is 0 Å². The maximum atomic E-state index is 10.6. The molecule has 0 saturated heterocycles. The zero-order valence-corrected chi connectivity index (χ0v) is 14.8. The van der Waals surface area contributed by atoms with Crippen LogP contribution in [0.25, 0.3) is 0 Å². The number of aliphatic hydroxyl groups excluding tert-OH is 1. The lowest BCUT2D eigenvalue weighted by atomic mass is 10.0. The van der Waals surface area contributed by atoms with Crippen molar-refractivity contribution < 1.29 is 5.11 Å². The summed E-state index contributed by atoms with van der Waals surface area (Å²) in [6.45, 7) is 10.3. The van der Waals surface area contributed by atoms with Crippen molar-refractivity contribution in [1.82, 2.24) is 4.90 Å². The van der Waals surface area contributed by atoms with Crippen LogP contribution in [0, 0.1) is 13.8 Å². The van der Waals surface area contributed by atoms with Gasteiger partial charge in [-0.25, -0.2) is 0 Å². The predicted octanol–water partition coefficient (Wildman–Crippen LogP) is 4.64. The third-order valence-corrected chi connectivity index (χ3v) is 4.68. The van der Waals surface area contributed by atoms with E-state index < -0.39 is 6.10 Å². The Hall–Kier alpha value is -1.64. The molecule has 0 bridgehead atoms. The van der Waals surface area contributed by atoms with Crippen LogP contribution in [0.5, 0.6) is 0 Å². The van der Waals surface area contributed by atoms with E-state index in [4.69, 9.17) is 0 Å². The van der Waals surface area contributed by atoms with Gasteiger partial charge in [0.2, 0.25) is 0 Å². The van der Waals surface area contributed by atoms with Gasteiger partial charge in [-0.05, 0) is 43.9 Å². The van der Waals surface area contributed by atoms with E-state index in [2.05, 4.69) is 50.8 Å². The largest absolute Gasteiger partial charge is 0.387 e. The molecule has 1 N–H and O–H groups in total. The zero-order valence-electron chi connectivity index (χ0n) is 14.8. The highest BCUT2D eigenvalue weighted by Gasteiger charge is 2.18. The number of aliphatic hydroxyl groups is 1. The normalized spacial score (nSPS) is 14.0. The summed E-state index contributed by atoms with van der Waals surface area (Å²) >= 11 is 0. The fourth-order valence-corrected chi connectivity index (χ4v) is 2.85. The lowest BCUT2D eigenvalue weighted by Gasteiger charge is -2.31. The van der Waals surface area contributed by atoms with Gasteiger partial charge in [-0.1, -0.05) is 61.0 Å². The van der Waals surface area contributed by atoms with Crippen LogP contribution in [0.1, 0.15) is 48.6 Å². The molecule has 0 spiro atoms. The Labute approximate surface area is 140 Å². The van der Waals surface area contributed by atoms with Crippen molar-refractivity contribution in [3.63, 3.8) is 0 Å². The van der Waals surface area contributed by atoms with Gasteiger partial charge in [0.05, 0.1) is 6.10 Å². The van der Waals surface area contributed by atoms with Crippen LogP contribution in [0.15, 0.2) is 48.5 Å². The highest BCUT2D eigenvalue weighted by atomic mass is 16.3. The van der Waals surface area contributed by atoms with Crippen LogP contribution in [-0.4, -0.2) is 22.6 Å². The van der Waals surface area contributed by atoms with Gasteiger partial charge in [-0.15, -0.1) is 0 Å². The second-order valence-corrected chi connectivity index (χ2v) is 6.54. The number of hydrogen-bond donors (Lipinski definition) is 1. The number of hydrogen-bond acceptors (Lipinski definition) is 2. The number of rotatable bonds is 7. The van der Waals surface area contributed by atoms with Crippen molar-refractivity contribution in [3.8, 4) is 0 Å². The molecule has 0 amide bonds. The molecular formula is C21H29NO. The quantitative estimate of drug-likeness (QED) is 0.805. The van der Waals surface area contributed by atoms with Crippen LogP contribution in [0.2, 0.25) is 0 Å². The summed E-state index contributed by atoms with van der Waals surface area (Å²) < 4.78 is 0. The lowest BCUT2D eigenvalue weighted by Crippen LogP contribution is -2.36. The van der Waals surface area contributed by atoms with Crippen LogP contribution >= 0.6 is 0 Å². The molecule has 2 nitrogen and oxygen atoms in total. The first-order chi connectivity index (χ1) is 11.0. The van der Waals surface area contributed by atoms with Crippen molar-refractivity contribution >= 4 is 0 Å². The molecule has 2 aromatic carbocycles. The number of aryl methyl sites for hydroxylation is 2. The fourth-order valence-electron chi connectivity index (χ4n) is 2.85. The SMILES string of the molecule is CC[C@@H](C)N(Cc1cc(C)ccc1C)C[C@@H](O)c1ccccc1. The van der Waals surface area contributed by atoms with Crippen molar-refractivity contribution in [2.24, 2.45) is 0 Å². The van der Waals surface area contributed by atoms with Crippen LogP contribution in [0.4, 0.5) is 0 Å². The molecule has 2 aromatic rings. The monoisotopic (exact) mass is 311 g/mol. The second-order valence-electron chi connectivity index (χ2n) is 6.54. The first kappa shape index (κ1) is 17.7. The van der Waals surface area contributed by atoms with Crippen LogP contribution in [0.3, 0.4) is 0 Å². The maximum Gasteiger partial charge on any atom is 0.0917 e. The Morgan fingerprint density at radius 1 is 1.04 bits per heavy atom. The third kappa shape index (κ3) is 4.92. The molecule has 0 radical (unpaired) electrons. The van der Waals surface area contributed by atoms with Gasteiger partial charge in [-0.3, -0.25) is 4.90 Å². The molecule has 2 rings (SSSR count). The molecule has 23 heavy (non-hydrogen) atoms. The molecular weight excluding hydrogens is 282 g/mol. The van der Waals surface area contributed by atoms with E-state index >= 15 is 0 Å². The van der Waals surface area contributed by atoms with E-state index in [0.717, 1.165) is 18.5 Å². The first-order valence-electron chi connectivity index (χ1n) is 8.54. The number of nitrogens with zero attached hydrogens (tertiary/aromatic N) is 1. The van der Waals surface area contributed by atoms with Crippen molar-refractivity contribution in [3.05, 3.63) is 70.8 Å². The summed E-state index contributed by atoms with van der Waals surface area (Å²) in [5.74, 6) is 0. The van der Waals surface area contributed by atoms with Crippen LogP contribution in [-0.2, 0) is 6.54 Å². The first-order valence-corrected chi connectivity index (χ1v) is 8.54. The second kappa shape index (κ2) is 8.28. The summed E-state index contributed by atoms with van der Waals surface area (Å²) in [5.41, 5.74) is 4.95. The highest BCUT2D eigenvalue weighted by Crippen LogP contribution is 2.20. The predicted molar refractivity (Wildman–Crippen MR) is 97.5 cm³/mol. The molecule has 0 aliphatic heterocycles. The fraction of sp³-hybridized carbons (Fsp3) is 0.429. The molecule has 0 fully saturated rings. The minimum Gasteiger partial charge on any atom is -0.387 e. The standard InChI is InChI=1S/C21H29NO/c1-5-18(4)22(14-20-13-16(2)11-12-17(20)3)15-21(23)19-9-7-6-8-10-19/h6-13,18,21,23H,5,14-15H2,1-4H3/t18-,21-/m1/s1. The van der Waals surface area contributed by atoms with Crippen molar-refractivity contribution in [2.45, 2.75) is 52.8 Å². The molecule has 2 heteroatoms. The van der Waals surface area contributed by atoms with E-state index in [0.29, 0.717) is 12.6 Å². The van der Waals surface area contributed by atoms with E-state index in [9.17, 15) is 5.11 Å². The summed E-state index contributed by atoms with van der Waals surface area (Å²) in [4.78, 5) is 2.39. The molecule has 0 aliphatic carbocycles. The van der Waals surface area contributed by atoms with Gasteiger partial charge in [0.1, 0.15) is 0 Å². The topological polar surface area (TPSA) is 23.5 Å². The van der Waals surface area contributed by atoms with Gasteiger partial charge in [0.15, 0.2) is 0 Å². The van der Waals surface area contributed by atoms with Gasteiger partial charge in [0.25, 0.3) is 0 Å². The van der Waals surface area contributed by atoms with Gasteiger partial charge in [0, 0.05) is 19.1 Å². The molecule has 0 heterocycles. The Balaban J connectivity index is 2.15. The summed E-state index contributed by atoms with van der Waals surface area (Å²) in [5, 5.41) is 10.6. The Kier molecular flexibility index (Phi) is 6.37. The Bertz CT molecular complexity index is 608. The summed E-state index contributed by atoms with van der Waals surface area (Å²) in [7, 11) is 0. The smallest absolute Gasteiger partial charge is 0.0917 e. The molecule has 124 valence electrons. The third-order valence-electron chi connectivity index (χ3n) is 4.68. The molecule has 0 aliphatic rings. The molecule has 2 atom stereocenters. The maximum absolute atomic E-state index is 10.6. The molecule has 0 unspecified atom stereocenters. The van der Waals surface area contributed by atoms with Gasteiger partial charge < -0.3 is 5.11 Å². The Morgan fingerprint density at radius 2 is 1.74 bits per heavy atom. The average molecular weight is 311 g/mol. The summed E-state index contributed by atoms with van der Waals surface area (Å²) in [6.07, 6.45) is 0.627. The average Bonchev–Trinajstić information content (AvgIpc) is 2.57. The highest BCUT2D eigenvalue weighted by molar-refractivity contribution is 5.30. The molecule has 0 saturated carbocycles. The lowest BCUT2D eigenvalue weighted by molar-refractivity contribution is 0.0846. The zero-order chi connectivity index (χ0) is 16.8. The van der Waals surface area contributed by atoms with Crippen LogP contribution < -0.4 is 0 Å². The minimum atomic E-state index is -0.449. The van der Waals surface area contributed by atoms with E-state index in [1.54, 1.807) is 0 Å². The molecule has 0 aromatic heterocycles. The number of benzene rings is 2. The Morgan fingerprint density at radius 3 is 2.39 bits per heavy atom. The van der Waals surface area contributed by atoms with E-state index in [-0.39, 0.29) is 0 Å².